The number of aryl methyl sites for hydroxylation is 1. The first-order chi connectivity index (χ1) is 9.69. The van der Waals surface area contributed by atoms with E-state index in [1.807, 2.05) is 6.20 Å². The molecular weight excluding hydrogens is 248 g/mol. The van der Waals surface area contributed by atoms with Gasteiger partial charge in [-0.15, -0.1) is 5.10 Å². The summed E-state index contributed by atoms with van der Waals surface area (Å²) in [6, 6.07) is 8.53. The summed E-state index contributed by atoms with van der Waals surface area (Å²) in [5.74, 6) is 0.807. The fraction of sp³-hybridized carbons (Fsp3) is 0.500. The topological polar surface area (TPSA) is 56.7 Å². The number of nitrogens with two attached hydrogens (primary N) is 1. The number of aromatic nitrogens is 3. The van der Waals surface area contributed by atoms with Crippen LogP contribution < -0.4 is 5.73 Å². The van der Waals surface area contributed by atoms with Crippen LogP contribution in [-0.4, -0.2) is 15.0 Å². The minimum Gasteiger partial charge on any atom is -0.325 e. The van der Waals surface area contributed by atoms with Crippen molar-refractivity contribution < 1.29 is 0 Å². The highest BCUT2D eigenvalue weighted by molar-refractivity contribution is 5.33. The maximum atomic E-state index is 5.54. The lowest BCUT2D eigenvalue weighted by Crippen LogP contribution is -1.96. The van der Waals surface area contributed by atoms with Gasteiger partial charge in [0.05, 0.1) is 17.6 Å². The van der Waals surface area contributed by atoms with Crippen molar-refractivity contribution in [1.29, 1.82) is 0 Å². The van der Waals surface area contributed by atoms with E-state index < -0.39 is 0 Å². The molecule has 0 unspecified atom stereocenters. The number of nitrogens with zero attached hydrogens (tertiary/aromatic N) is 3. The van der Waals surface area contributed by atoms with E-state index in [1.54, 1.807) is 4.68 Å². The van der Waals surface area contributed by atoms with Gasteiger partial charge in [0.1, 0.15) is 0 Å². The van der Waals surface area contributed by atoms with E-state index in [9.17, 15) is 0 Å². The molecule has 2 aromatic rings. The van der Waals surface area contributed by atoms with Gasteiger partial charge in [-0.1, -0.05) is 44.0 Å². The van der Waals surface area contributed by atoms with Gasteiger partial charge in [-0.3, -0.25) is 0 Å². The summed E-state index contributed by atoms with van der Waals surface area (Å²) in [7, 11) is 0. The molecule has 2 N–H and O–H groups in total. The molecule has 2 rings (SSSR count). The van der Waals surface area contributed by atoms with Crippen LogP contribution in [0.4, 0.5) is 0 Å². The first-order valence-electron chi connectivity index (χ1n) is 7.39. The van der Waals surface area contributed by atoms with Gasteiger partial charge in [-0.2, -0.15) is 0 Å². The zero-order valence-corrected chi connectivity index (χ0v) is 12.4. The highest BCUT2D eigenvalue weighted by atomic mass is 15.4. The third kappa shape index (κ3) is 4.17. The Morgan fingerprint density at radius 2 is 1.90 bits per heavy atom. The number of benzene rings is 1. The summed E-state index contributed by atoms with van der Waals surface area (Å²) in [5, 5.41) is 8.07. The molecule has 0 aliphatic heterocycles. The Morgan fingerprint density at radius 1 is 1.15 bits per heavy atom. The minimum absolute atomic E-state index is 0.425. The average molecular weight is 272 g/mol. The van der Waals surface area contributed by atoms with Crippen molar-refractivity contribution >= 4 is 0 Å². The Balaban J connectivity index is 1.89. The molecule has 1 aromatic carbocycles. The van der Waals surface area contributed by atoms with E-state index in [0.717, 1.165) is 23.7 Å². The van der Waals surface area contributed by atoms with Gasteiger partial charge in [-0.25, -0.2) is 4.68 Å². The van der Waals surface area contributed by atoms with Crippen LogP contribution in [0.25, 0.3) is 5.69 Å². The maximum Gasteiger partial charge on any atom is 0.0967 e. The number of hydrogen-bond acceptors (Lipinski definition) is 3. The van der Waals surface area contributed by atoms with Crippen LogP contribution in [0, 0.1) is 5.92 Å². The van der Waals surface area contributed by atoms with Gasteiger partial charge in [-0.05, 0) is 36.5 Å². The summed E-state index contributed by atoms with van der Waals surface area (Å²) < 4.78 is 1.77. The summed E-state index contributed by atoms with van der Waals surface area (Å²) in [5.41, 5.74) is 8.76. The predicted molar refractivity (Wildman–Crippen MR) is 81.6 cm³/mol. The molecule has 0 fully saturated rings. The van der Waals surface area contributed by atoms with Crippen LogP contribution in [0.3, 0.4) is 0 Å². The Hall–Kier alpha value is -1.68. The van der Waals surface area contributed by atoms with Crippen molar-refractivity contribution in [3.8, 4) is 5.69 Å². The van der Waals surface area contributed by atoms with Crippen LogP contribution >= 0.6 is 0 Å². The zero-order valence-electron chi connectivity index (χ0n) is 12.4. The predicted octanol–water partition coefficient (Wildman–Crippen LogP) is 3.09. The third-order valence-corrected chi connectivity index (χ3v) is 3.45. The van der Waals surface area contributed by atoms with Gasteiger partial charge in [0.25, 0.3) is 0 Å². The maximum absolute atomic E-state index is 5.54. The van der Waals surface area contributed by atoms with Gasteiger partial charge in [0.2, 0.25) is 0 Å². The standard InChI is InChI=1S/C16H24N4/c1-13(2)5-3-4-6-14-7-9-16(10-8-14)20-12-15(11-17)18-19-20/h7-10,12-13H,3-6,11,17H2,1-2H3. The minimum atomic E-state index is 0.425. The molecule has 0 bridgehead atoms. The van der Waals surface area contributed by atoms with E-state index in [-0.39, 0.29) is 0 Å². The van der Waals surface area contributed by atoms with Crippen molar-refractivity contribution in [2.24, 2.45) is 11.7 Å². The first kappa shape index (κ1) is 14.7. The summed E-state index contributed by atoms with van der Waals surface area (Å²) in [6.45, 7) is 4.99. The normalized spacial score (nSPS) is 11.2. The smallest absolute Gasteiger partial charge is 0.0967 e. The second-order valence-corrected chi connectivity index (χ2v) is 5.66. The first-order valence-corrected chi connectivity index (χ1v) is 7.39. The van der Waals surface area contributed by atoms with Gasteiger partial charge >= 0.3 is 0 Å². The molecule has 4 heteroatoms. The molecule has 0 spiro atoms. The van der Waals surface area contributed by atoms with Crippen molar-refractivity contribution in [2.75, 3.05) is 0 Å². The van der Waals surface area contributed by atoms with Crippen LogP contribution in [-0.2, 0) is 13.0 Å². The van der Waals surface area contributed by atoms with E-state index >= 15 is 0 Å². The lowest BCUT2D eigenvalue weighted by Gasteiger charge is -2.05. The molecular formula is C16H24N4. The molecule has 0 radical (unpaired) electrons. The van der Waals surface area contributed by atoms with Gasteiger partial charge in [0, 0.05) is 6.54 Å². The van der Waals surface area contributed by atoms with Crippen LogP contribution in [0.2, 0.25) is 0 Å². The number of hydrogen-bond donors (Lipinski definition) is 1. The summed E-state index contributed by atoms with van der Waals surface area (Å²) >= 11 is 0. The lowest BCUT2D eigenvalue weighted by atomic mass is 10.0. The summed E-state index contributed by atoms with van der Waals surface area (Å²) in [6.07, 6.45) is 6.91. The second kappa shape index (κ2) is 7.20. The largest absolute Gasteiger partial charge is 0.325 e. The number of rotatable bonds is 7. The Kier molecular flexibility index (Phi) is 5.30. The van der Waals surface area contributed by atoms with E-state index in [2.05, 4.69) is 48.4 Å². The average Bonchev–Trinajstić information content (AvgIpc) is 2.93. The molecule has 0 aliphatic carbocycles. The van der Waals surface area contributed by atoms with Crippen LogP contribution in [0.1, 0.15) is 44.4 Å². The van der Waals surface area contributed by atoms with E-state index in [4.69, 9.17) is 5.73 Å². The monoisotopic (exact) mass is 272 g/mol. The fourth-order valence-electron chi connectivity index (χ4n) is 2.22. The van der Waals surface area contributed by atoms with Gasteiger partial charge in [0.15, 0.2) is 0 Å². The summed E-state index contributed by atoms with van der Waals surface area (Å²) in [4.78, 5) is 0. The third-order valence-electron chi connectivity index (χ3n) is 3.45. The van der Waals surface area contributed by atoms with Crippen molar-refractivity contribution in [2.45, 2.75) is 46.1 Å². The SMILES string of the molecule is CC(C)CCCCc1ccc(-n2cc(CN)nn2)cc1. The second-order valence-electron chi connectivity index (χ2n) is 5.66. The fourth-order valence-corrected chi connectivity index (χ4v) is 2.22. The highest BCUT2D eigenvalue weighted by Crippen LogP contribution is 2.13. The van der Waals surface area contributed by atoms with Crippen molar-refractivity contribution in [3.63, 3.8) is 0 Å². The molecule has 108 valence electrons. The molecule has 0 saturated heterocycles. The number of unbranched alkanes of at least 4 members (excludes halogenated alkanes) is 1. The molecule has 0 amide bonds. The molecule has 0 aliphatic rings. The van der Waals surface area contributed by atoms with Crippen molar-refractivity contribution in [3.05, 3.63) is 41.7 Å². The zero-order chi connectivity index (χ0) is 14.4. The quantitative estimate of drug-likeness (QED) is 0.788. The molecule has 0 atom stereocenters. The molecule has 4 nitrogen and oxygen atoms in total. The Labute approximate surface area is 121 Å². The van der Waals surface area contributed by atoms with Crippen LogP contribution in [0.15, 0.2) is 30.5 Å². The Morgan fingerprint density at radius 3 is 2.50 bits per heavy atom. The molecule has 0 saturated carbocycles. The molecule has 1 heterocycles. The van der Waals surface area contributed by atoms with Crippen molar-refractivity contribution in [1.82, 2.24) is 15.0 Å². The highest BCUT2D eigenvalue weighted by Gasteiger charge is 2.02. The Bertz CT molecular complexity index is 514. The molecule has 20 heavy (non-hydrogen) atoms. The lowest BCUT2D eigenvalue weighted by molar-refractivity contribution is 0.538. The molecule has 1 aromatic heterocycles. The van der Waals surface area contributed by atoms with E-state index in [0.29, 0.717) is 6.54 Å². The van der Waals surface area contributed by atoms with Gasteiger partial charge < -0.3 is 5.73 Å². The van der Waals surface area contributed by atoms with Crippen LogP contribution in [0.5, 0.6) is 0 Å². The van der Waals surface area contributed by atoms with E-state index in [1.165, 1.54) is 24.8 Å².